The van der Waals surface area contributed by atoms with Crippen LogP contribution in [0.4, 0.5) is 9.39 Å². The molecule has 8 heteroatoms. The number of ether oxygens (including phenoxy) is 1. The van der Waals surface area contributed by atoms with Crippen molar-refractivity contribution in [1.82, 2.24) is 0 Å². The number of carbonyl (C=O) groups excluding carboxylic acids is 2. The monoisotopic (exact) mass is 429 g/mol. The number of carboxylic acid groups (broad SMARTS) is 1. The molecule has 2 bridgehead atoms. The lowest BCUT2D eigenvalue weighted by atomic mass is 9.82. The summed E-state index contributed by atoms with van der Waals surface area (Å²) in [6.07, 6.45) is 4.42. The van der Waals surface area contributed by atoms with E-state index in [0.717, 1.165) is 11.3 Å². The number of thiophene rings is 1. The summed E-state index contributed by atoms with van der Waals surface area (Å²) >= 11 is 1.15. The Balaban J connectivity index is 1.66. The third kappa shape index (κ3) is 3.52. The lowest BCUT2D eigenvalue weighted by Crippen LogP contribution is -2.36. The van der Waals surface area contributed by atoms with Gasteiger partial charge < -0.3 is 15.2 Å². The number of fused-ring (bicyclic) bond motifs is 2. The number of carboxylic acids is 1. The fraction of sp³-hybridized carbons (Fsp3) is 0.318. The van der Waals surface area contributed by atoms with Crippen molar-refractivity contribution < 1.29 is 28.6 Å². The van der Waals surface area contributed by atoms with E-state index >= 15 is 0 Å². The van der Waals surface area contributed by atoms with Crippen LogP contribution < -0.4 is 5.32 Å². The Hall–Kier alpha value is -3.00. The second kappa shape index (κ2) is 8.02. The van der Waals surface area contributed by atoms with Crippen molar-refractivity contribution in [1.29, 1.82) is 0 Å². The van der Waals surface area contributed by atoms with Crippen LogP contribution in [-0.2, 0) is 14.3 Å². The van der Waals surface area contributed by atoms with E-state index in [9.17, 15) is 23.9 Å². The molecule has 1 amide bonds. The number of halogens is 1. The van der Waals surface area contributed by atoms with Crippen LogP contribution in [0.1, 0.15) is 23.7 Å². The van der Waals surface area contributed by atoms with Crippen molar-refractivity contribution in [2.75, 3.05) is 11.9 Å². The molecule has 2 aliphatic carbocycles. The maximum atomic E-state index is 13.3. The van der Waals surface area contributed by atoms with Gasteiger partial charge in [-0.1, -0.05) is 24.3 Å². The van der Waals surface area contributed by atoms with E-state index in [-0.39, 0.29) is 24.0 Å². The first-order valence-corrected chi connectivity index (χ1v) is 10.5. The first-order valence-electron chi connectivity index (χ1n) is 9.67. The molecule has 0 radical (unpaired) electrons. The van der Waals surface area contributed by atoms with Crippen LogP contribution in [0, 0.1) is 29.5 Å². The maximum absolute atomic E-state index is 13.3. The van der Waals surface area contributed by atoms with Gasteiger partial charge in [0.15, 0.2) is 0 Å². The number of nitrogens with one attached hydrogen (secondary N) is 1. The van der Waals surface area contributed by atoms with E-state index in [1.807, 2.05) is 12.2 Å². The summed E-state index contributed by atoms with van der Waals surface area (Å²) < 4.78 is 18.5. The van der Waals surface area contributed by atoms with Crippen LogP contribution in [0.2, 0.25) is 0 Å². The molecule has 30 heavy (non-hydrogen) atoms. The van der Waals surface area contributed by atoms with Gasteiger partial charge in [0.2, 0.25) is 5.91 Å². The van der Waals surface area contributed by atoms with Crippen LogP contribution in [0.3, 0.4) is 0 Å². The zero-order chi connectivity index (χ0) is 21.4. The Morgan fingerprint density at radius 2 is 1.83 bits per heavy atom. The number of esters is 1. The fourth-order valence-corrected chi connectivity index (χ4v) is 5.37. The molecule has 4 rings (SSSR count). The van der Waals surface area contributed by atoms with Crippen LogP contribution in [0.25, 0.3) is 11.1 Å². The highest BCUT2D eigenvalue weighted by Crippen LogP contribution is 2.49. The molecule has 2 N–H and O–H groups in total. The SMILES string of the molecule is CCOC(=O)c1c(-c2ccc(F)cc2)csc1NC(=O)[C@H]1[C@H](C(=O)O)[C@H]2C=C[C@H]1C2. The van der Waals surface area contributed by atoms with Gasteiger partial charge in [-0.05, 0) is 42.9 Å². The van der Waals surface area contributed by atoms with Gasteiger partial charge in [-0.15, -0.1) is 11.3 Å². The molecule has 2 aromatic rings. The predicted molar refractivity (Wildman–Crippen MR) is 110 cm³/mol. The number of rotatable bonds is 6. The third-order valence-electron chi connectivity index (χ3n) is 5.71. The molecule has 0 unspecified atom stereocenters. The lowest BCUT2D eigenvalue weighted by molar-refractivity contribution is -0.146. The predicted octanol–water partition coefficient (Wildman–Crippen LogP) is 4.19. The van der Waals surface area contributed by atoms with E-state index in [2.05, 4.69) is 5.32 Å². The summed E-state index contributed by atoms with van der Waals surface area (Å²) in [5.74, 6) is -4.15. The van der Waals surface area contributed by atoms with Crippen molar-refractivity contribution in [3.63, 3.8) is 0 Å². The first-order chi connectivity index (χ1) is 14.4. The Morgan fingerprint density at radius 1 is 1.17 bits per heavy atom. The molecule has 1 aromatic carbocycles. The highest BCUT2D eigenvalue weighted by Gasteiger charge is 2.51. The number of amides is 1. The molecule has 1 heterocycles. The summed E-state index contributed by atoms with van der Waals surface area (Å²) in [7, 11) is 0. The summed E-state index contributed by atoms with van der Waals surface area (Å²) in [4.78, 5) is 37.4. The Kier molecular flexibility index (Phi) is 5.42. The zero-order valence-corrected chi connectivity index (χ0v) is 16.9. The van der Waals surface area contributed by atoms with Gasteiger partial charge in [0, 0.05) is 10.9 Å². The number of hydrogen-bond donors (Lipinski definition) is 2. The molecule has 1 fully saturated rings. The molecule has 0 aliphatic heterocycles. The summed E-state index contributed by atoms with van der Waals surface area (Å²) in [6.45, 7) is 1.84. The number of aliphatic carboxylic acids is 1. The minimum absolute atomic E-state index is 0.126. The molecule has 1 aromatic heterocycles. The number of anilines is 1. The van der Waals surface area contributed by atoms with Crippen molar-refractivity contribution >= 4 is 34.2 Å². The molecule has 6 nitrogen and oxygen atoms in total. The third-order valence-corrected chi connectivity index (χ3v) is 6.61. The van der Waals surface area contributed by atoms with E-state index in [1.54, 1.807) is 24.4 Å². The van der Waals surface area contributed by atoms with Crippen LogP contribution in [-0.4, -0.2) is 29.6 Å². The summed E-state index contributed by atoms with van der Waals surface area (Å²) in [6, 6.07) is 5.68. The number of hydrogen-bond acceptors (Lipinski definition) is 5. The summed E-state index contributed by atoms with van der Waals surface area (Å²) in [5.41, 5.74) is 1.33. The largest absolute Gasteiger partial charge is 0.481 e. The molecule has 156 valence electrons. The number of carbonyl (C=O) groups is 3. The number of benzene rings is 1. The van der Waals surface area contributed by atoms with Gasteiger partial charge in [-0.25, -0.2) is 9.18 Å². The van der Waals surface area contributed by atoms with Gasteiger partial charge in [-0.3, -0.25) is 9.59 Å². The Bertz CT molecular complexity index is 1030. The average molecular weight is 429 g/mol. The molecule has 1 saturated carbocycles. The Morgan fingerprint density at radius 3 is 2.47 bits per heavy atom. The smallest absolute Gasteiger partial charge is 0.341 e. The van der Waals surface area contributed by atoms with Crippen molar-refractivity contribution in [3.05, 3.63) is 53.2 Å². The normalized spacial score (nSPS) is 24.1. The minimum Gasteiger partial charge on any atom is -0.481 e. The first kappa shape index (κ1) is 20.3. The highest BCUT2D eigenvalue weighted by atomic mass is 32.1. The molecule has 0 spiro atoms. The summed E-state index contributed by atoms with van der Waals surface area (Å²) in [5, 5.41) is 14.4. The fourth-order valence-electron chi connectivity index (χ4n) is 4.41. The van der Waals surface area contributed by atoms with E-state index in [0.29, 0.717) is 22.5 Å². The van der Waals surface area contributed by atoms with Gasteiger partial charge in [0.05, 0.1) is 18.4 Å². The van der Waals surface area contributed by atoms with E-state index in [1.165, 1.54) is 12.1 Å². The Labute approximate surface area is 176 Å². The standard InChI is InChI=1S/C22H20FNO5S/c1-2-29-22(28)18-15(11-5-7-14(23)8-6-11)10-30-20(18)24-19(25)16-12-3-4-13(9-12)17(16)21(26)27/h3-8,10,12-13,16-17H,2,9H2,1H3,(H,24,25)(H,26,27)/t12-,13-,16+,17+/m0/s1. The molecule has 2 aliphatic rings. The van der Waals surface area contributed by atoms with Crippen molar-refractivity contribution in [2.45, 2.75) is 13.3 Å². The lowest BCUT2D eigenvalue weighted by Gasteiger charge is -2.23. The molecule has 4 atom stereocenters. The van der Waals surface area contributed by atoms with Crippen molar-refractivity contribution in [3.8, 4) is 11.1 Å². The second-order valence-electron chi connectivity index (χ2n) is 7.41. The van der Waals surface area contributed by atoms with Gasteiger partial charge >= 0.3 is 11.9 Å². The average Bonchev–Trinajstić information content (AvgIpc) is 3.42. The topological polar surface area (TPSA) is 92.7 Å². The molecular formula is C22H20FNO5S. The highest BCUT2D eigenvalue weighted by molar-refractivity contribution is 7.15. The van der Waals surface area contributed by atoms with Crippen molar-refractivity contribution in [2.24, 2.45) is 23.7 Å². The van der Waals surface area contributed by atoms with Crippen LogP contribution >= 0.6 is 11.3 Å². The quantitative estimate of drug-likeness (QED) is 0.531. The van der Waals surface area contributed by atoms with Crippen LogP contribution in [0.15, 0.2) is 41.8 Å². The van der Waals surface area contributed by atoms with Gasteiger partial charge in [0.1, 0.15) is 16.4 Å². The number of allylic oxidation sites excluding steroid dienone is 2. The van der Waals surface area contributed by atoms with Gasteiger partial charge in [0.25, 0.3) is 0 Å². The zero-order valence-electron chi connectivity index (χ0n) is 16.1. The molecular weight excluding hydrogens is 409 g/mol. The molecule has 0 saturated heterocycles. The second-order valence-corrected chi connectivity index (χ2v) is 8.29. The van der Waals surface area contributed by atoms with Crippen LogP contribution in [0.5, 0.6) is 0 Å². The van der Waals surface area contributed by atoms with E-state index in [4.69, 9.17) is 4.74 Å². The minimum atomic E-state index is -0.990. The van der Waals surface area contributed by atoms with E-state index < -0.39 is 35.5 Å². The maximum Gasteiger partial charge on any atom is 0.341 e. The van der Waals surface area contributed by atoms with Gasteiger partial charge in [-0.2, -0.15) is 0 Å².